The van der Waals surface area contributed by atoms with Gasteiger partial charge in [0.1, 0.15) is 5.56 Å². The molecule has 6 nitrogen and oxygen atoms in total. The third kappa shape index (κ3) is 4.20. The molecular formula is C13H10ClF3N4O2S. The molecule has 0 radical (unpaired) electrons. The van der Waals surface area contributed by atoms with Gasteiger partial charge in [-0.15, -0.1) is 11.3 Å². The highest BCUT2D eigenvalue weighted by Crippen LogP contribution is 2.31. The first-order chi connectivity index (χ1) is 11.2. The van der Waals surface area contributed by atoms with E-state index >= 15 is 0 Å². The van der Waals surface area contributed by atoms with E-state index < -0.39 is 29.4 Å². The number of ether oxygens (including phenoxy) is 1. The summed E-state index contributed by atoms with van der Waals surface area (Å²) < 4.78 is 43.9. The van der Waals surface area contributed by atoms with E-state index in [1.807, 2.05) is 0 Å². The van der Waals surface area contributed by atoms with E-state index in [1.54, 1.807) is 19.1 Å². The van der Waals surface area contributed by atoms with Gasteiger partial charge in [0.25, 0.3) is 0 Å². The van der Waals surface area contributed by atoms with Crippen molar-refractivity contribution in [3.63, 3.8) is 0 Å². The number of nitrogens with zero attached hydrogens (tertiary/aromatic N) is 3. The lowest BCUT2D eigenvalue weighted by Crippen LogP contribution is -2.18. The molecule has 2 rings (SSSR count). The summed E-state index contributed by atoms with van der Waals surface area (Å²) >= 11 is 7.06. The second-order valence-electron chi connectivity index (χ2n) is 4.36. The van der Waals surface area contributed by atoms with Gasteiger partial charge in [0.2, 0.25) is 5.95 Å². The fourth-order valence-electron chi connectivity index (χ4n) is 1.61. The van der Waals surface area contributed by atoms with Crippen molar-refractivity contribution in [1.82, 2.24) is 9.97 Å². The number of hydrogen-bond acceptors (Lipinski definition) is 7. The van der Waals surface area contributed by atoms with Crippen LogP contribution in [0.4, 0.5) is 19.1 Å². The predicted molar refractivity (Wildman–Crippen MR) is 83.5 cm³/mol. The van der Waals surface area contributed by atoms with Gasteiger partial charge in [0, 0.05) is 6.20 Å². The number of aromatic nitrogens is 2. The van der Waals surface area contributed by atoms with Gasteiger partial charge in [0.15, 0.2) is 5.69 Å². The Bertz CT molecular complexity index is 792. The van der Waals surface area contributed by atoms with Crippen molar-refractivity contribution in [2.45, 2.75) is 13.1 Å². The number of hydrazone groups is 1. The zero-order valence-electron chi connectivity index (χ0n) is 12.3. The molecular weight excluding hydrogens is 369 g/mol. The number of anilines is 1. The van der Waals surface area contributed by atoms with Gasteiger partial charge in [-0.1, -0.05) is 11.6 Å². The highest BCUT2D eigenvalue weighted by atomic mass is 35.5. The Balaban J connectivity index is 2.30. The van der Waals surface area contributed by atoms with Crippen molar-refractivity contribution in [2.75, 3.05) is 12.5 Å². The van der Waals surface area contributed by atoms with Crippen LogP contribution in [0.15, 0.2) is 23.4 Å². The van der Waals surface area contributed by atoms with E-state index in [-0.39, 0.29) is 0 Å². The molecule has 0 bridgehead atoms. The number of carbonyl (C=O) groups is 1. The molecule has 2 aromatic rings. The highest BCUT2D eigenvalue weighted by molar-refractivity contribution is 7.18. The molecule has 128 valence electrons. The highest BCUT2D eigenvalue weighted by Gasteiger charge is 2.38. The minimum absolute atomic E-state index is 0.406. The SMILES string of the molecule is COC(=O)c1cnc(N/N=C(/C)c2ccc(Cl)s2)nc1C(F)(F)F. The summed E-state index contributed by atoms with van der Waals surface area (Å²) in [6, 6.07) is 3.39. The maximum Gasteiger partial charge on any atom is 0.434 e. The normalized spacial score (nSPS) is 12.2. The Morgan fingerprint density at radius 3 is 2.67 bits per heavy atom. The fraction of sp³-hybridized carbons (Fsp3) is 0.231. The second-order valence-corrected chi connectivity index (χ2v) is 6.07. The molecule has 0 amide bonds. The smallest absolute Gasteiger partial charge is 0.434 e. The maximum absolute atomic E-state index is 13.0. The van der Waals surface area contributed by atoms with Gasteiger partial charge in [-0.3, -0.25) is 0 Å². The minimum atomic E-state index is -4.84. The molecule has 0 atom stereocenters. The Hall–Kier alpha value is -2.20. The van der Waals surface area contributed by atoms with Gasteiger partial charge >= 0.3 is 12.1 Å². The van der Waals surface area contributed by atoms with E-state index in [1.165, 1.54) is 11.3 Å². The average Bonchev–Trinajstić information content (AvgIpc) is 2.97. The van der Waals surface area contributed by atoms with Crippen molar-refractivity contribution in [3.8, 4) is 0 Å². The van der Waals surface area contributed by atoms with Crippen molar-refractivity contribution < 1.29 is 22.7 Å². The molecule has 0 saturated carbocycles. The number of alkyl halides is 3. The number of rotatable bonds is 4. The van der Waals surface area contributed by atoms with Gasteiger partial charge in [-0.2, -0.15) is 18.3 Å². The van der Waals surface area contributed by atoms with E-state index in [9.17, 15) is 18.0 Å². The zero-order chi connectivity index (χ0) is 17.9. The first-order valence-corrected chi connectivity index (χ1v) is 7.50. The third-order valence-corrected chi connectivity index (χ3v) is 4.06. The summed E-state index contributed by atoms with van der Waals surface area (Å²) in [4.78, 5) is 19.1. The average molecular weight is 379 g/mol. The number of thiophene rings is 1. The van der Waals surface area contributed by atoms with Crippen LogP contribution >= 0.6 is 22.9 Å². The van der Waals surface area contributed by atoms with Gasteiger partial charge in [0.05, 0.1) is 22.0 Å². The van der Waals surface area contributed by atoms with Crippen molar-refractivity contribution in [2.24, 2.45) is 5.10 Å². The number of esters is 1. The van der Waals surface area contributed by atoms with Crippen LogP contribution in [0.2, 0.25) is 4.34 Å². The molecule has 11 heteroatoms. The third-order valence-electron chi connectivity index (χ3n) is 2.72. The molecule has 0 aliphatic carbocycles. The first-order valence-electron chi connectivity index (χ1n) is 6.31. The molecule has 24 heavy (non-hydrogen) atoms. The summed E-state index contributed by atoms with van der Waals surface area (Å²) in [6.07, 6.45) is -4.11. The van der Waals surface area contributed by atoms with E-state index in [2.05, 4.69) is 25.2 Å². The Labute approximate surface area is 143 Å². The maximum atomic E-state index is 13.0. The monoisotopic (exact) mass is 378 g/mol. The Morgan fingerprint density at radius 2 is 2.12 bits per heavy atom. The molecule has 1 N–H and O–H groups in total. The fourth-order valence-corrected chi connectivity index (χ4v) is 2.60. The van der Waals surface area contributed by atoms with Gasteiger partial charge < -0.3 is 4.74 Å². The molecule has 0 fully saturated rings. The van der Waals surface area contributed by atoms with Crippen molar-refractivity contribution in [1.29, 1.82) is 0 Å². The Kier molecular flexibility index (Phi) is 5.40. The summed E-state index contributed by atoms with van der Waals surface area (Å²) in [6.45, 7) is 1.64. The lowest BCUT2D eigenvalue weighted by Gasteiger charge is -2.11. The first kappa shape index (κ1) is 18.1. The van der Waals surface area contributed by atoms with E-state index in [4.69, 9.17) is 11.6 Å². The Morgan fingerprint density at radius 1 is 1.42 bits per heavy atom. The number of hydrogen-bond donors (Lipinski definition) is 1. The zero-order valence-corrected chi connectivity index (χ0v) is 13.9. The molecule has 0 spiro atoms. The summed E-state index contributed by atoms with van der Waals surface area (Å²) in [5.41, 5.74) is 0.633. The van der Waals surface area contributed by atoms with Crippen LogP contribution in [0.1, 0.15) is 27.9 Å². The second kappa shape index (κ2) is 7.14. The van der Waals surface area contributed by atoms with Crippen LogP contribution in [0.3, 0.4) is 0 Å². The standard InChI is InChI=1S/C13H10ClF3N4O2S/c1-6(8-3-4-9(14)24-8)20-21-12-18-5-7(11(22)23-2)10(19-12)13(15,16)17/h3-5H,1-2H3,(H,18,19,21)/b20-6-. The molecule has 2 aromatic heterocycles. The number of halogens is 4. The van der Waals surface area contributed by atoms with Crippen LogP contribution in [0, 0.1) is 0 Å². The lowest BCUT2D eigenvalue weighted by molar-refractivity contribution is -0.141. The molecule has 0 unspecified atom stereocenters. The topological polar surface area (TPSA) is 76.5 Å². The van der Waals surface area contributed by atoms with Crippen molar-refractivity contribution >= 4 is 40.6 Å². The van der Waals surface area contributed by atoms with E-state index in [0.29, 0.717) is 10.0 Å². The van der Waals surface area contributed by atoms with Gasteiger partial charge in [-0.05, 0) is 19.1 Å². The number of nitrogens with one attached hydrogen (secondary N) is 1. The molecule has 0 aliphatic rings. The minimum Gasteiger partial charge on any atom is -0.465 e. The summed E-state index contributed by atoms with van der Waals surface area (Å²) in [5.74, 6) is -1.58. The summed E-state index contributed by atoms with van der Waals surface area (Å²) in [7, 11) is 0.967. The van der Waals surface area contributed by atoms with Gasteiger partial charge in [-0.25, -0.2) is 20.2 Å². The van der Waals surface area contributed by atoms with E-state index in [0.717, 1.165) is 18.2 Å². The lowest BCUT2D eigenvalue weighted by atomic mass is 10.2. The largest absolute Gasteiger partial charge is 0.465 e. The van der Waals surface area contributed by atoms with Crippen molar-refractivity contribution in [3.05, 3.63) is 38.8 Å². The summed E-state index contributed by atoms with van der Waals surface area (Å²) in [5, 5.41) is 3.91. The quantitative estimate of drug-likeness (QED) is 0.497. The van der Waals surface area contributed by atoms with Crippen LogP contribution in [-0.2, 0) is 10.9 Å². The van der Waals surface area contributed by atoms with Crippen LogP contribution < -0.4 is 5.43 Å². The molecule has 0 saturated heterocycles. The number of methoxy groups -OCH3 is 1. The molecule has 0 aromatic carbocycles. The molecule has 2 heterocycles. The van der Waals surface area contributed by atoms with Crippen LogP contribution in [0.5, 0.6) is 0 Å². The number of carbonyl (C=O) groups excluding carboxylic acids is 1. The van der Waals surface area contributed by atoms with Crippen LogP contribution in [0.25, 0.3) is 0 Å². The van der Waals surface area contributed by atoms with Crippen LogP contribution in [-0.4, -0.2) is 28.8 Å². The predicted octanol–water partition coefficient (Wildman–Crippen LogP) is 3.83. The molecule has 0 aliphatic heterocycles.